The van der Waals surface area contributed by atoms with Gasteiger partial charge in [-0.3, -0.25) is 0 Å². The van der Waals surface area contributed by atoms with Crippen molar-refractivity contribution in [1.82, 2.24) is 0 Å². The van der Waals surface area contributed by atoms with Gasteiger partial charge in [-0.2, -0.15) is 0 Å². The first-order valence-electron chi connectivity index (χ1n) is 5.35. The summed E-state index contributed by atoms with van der Waals surface area (Å²) >= 11 is 0. The lowest BCUT2D eigenvalue weighted by atomic mass is 10.1. The SMILES string of the molecule is CC(C)CCOc1cc(N)cc(S(N)(=O)=O)c1. The average Bonchev–Trinajstić information content (AvgIpc) is 2.14. The number of sulfonamides is 1. The number of benzene rings is 1. The minimum Gasteiger partial charge on any atom is -0.493 e. The summed E-state index contributed by atoms with van der Waals surface area (Å²) in [6.07, 6.45) is 0.888. The molecule has 0 unspecified atom stereocenters. The Hall–Kier alpha value is -1.27. The molecule has 0 spiro atoms. The first-order valence-corrected chi connectivity index (χ1v) is 6.90. The number of hydrogen-bond acceptors (Lipinski definition) is 4. The van der Waals surface area contributed by atoms with Gasteiger partial charge in [0.05, 0.1) is 11.5 Å². The molecule has 0 atom stereocenters. The van der Waals surface area contributed by atoms with E-state index in [9.17, 15) is 8.42 Å². The fraction of sp³-hybridized carbons (Fsp3) is 0.455. The Morgan fingerprint density at radius 2 is 1.94 bits per heavy atom. The third kappa shape index (κ3) is 4.62. The van der Waals surface area contributed by atoms with Crippen LogP contribution in [0, 0.1) is 5.92 Å². The summed E-state index contributed by atoms with van der Waals surface area (Å²) in [5.41, 5.74) is 5.90. The van der Waals surface area contributed by atoms with Crippen molar-refractivity contribution in [2.24, 2.45) is 11.1 Å². The molecule has 96 valence electrons. The van der Waals surface area contributed by atoms with Gasteiger partial charge in [0.25, 0.3) is 0 Å². The maximum atomic E-state index is 11.2. The van der Waals surface area contributed by atoms with Crippen LogP contribution >= 0.6 is 0 Å². The highest BCUT2D eigenvalue weighted by Gasteiger charge is 2.10. The molecule has 0 fully saturated rings. The van der Waals surface area contributed by atoms with E-state index in [0.717, 1.165) is 6.42 Å². The Morgan fingerprint density at radius 1 is 1.29 bits per heavy atom. The Bertz CT molecular complexity index is 483. The summed E-state index contributed by atoms with van der Waals surface area (Å²) in [5.74, 6) is 0.948. The maximum Gasteiger partial charge on any atom is 0.238 e. The minimum atomic E-state index is -3.75. The van der Waals surface area contributed by atoms with Crippen molar-refractivity contribution in [1.29, 1.82) is 0 Å². The molecular formula is C11H18N2O3S. The molecular weight excluding hydrogens is 240 g/mol. The average molecular weight is 258 g/mol. The molecule has 6 heteroatoms. The highest BCUT2D eigenvalue weighted by molar-refractivity contribution is 7.89. The highest BCUT2D eigenvalue weighted by Crippen LogP contribution is 2.21. The van der Waals surface area contributed by atoms with E-state index in [0.29, 0.717) is 24.0 Å². The number of hydrogen-bond donors (Lipinski definition) is 2. The molecule has 1 rings (SSSR count). The van der Waals surface area contributed by atoms with Crippen LogP contribution in [0.2, 0.25) is 0 Å². The van der Waals surface area contributed by atoms with Crippen molar-refractivity contribution in [3.05, 3.63) is 18.2 Å². The standard InChI is InChI=1S/C11H18N2O3S/c1-8(2)3-4-16-10-5-9(12)6-11(7-10)17(13,14)15/h5-8H,3-4,12H2,1-2H3,(H2,13,14,15). The van der Waals surface area contributed by atoms with Crippen LogP contribution in [0.15, 0.2) is 23.1 Å². The molecule has 1 aromatic rings. The van der Waals surface area contributed by atoms with E-state index in [1.807, 2.05) is 0 Å². The smallest absolute Gasteiger partial charge is 0.238 e. The van der Waals surface area contributed by atoms with Gasteiger partial charge in [0.15, 0.2) is 0 Å². The van der Waals surface area contributed by atoms with Crippen molar-refractivity contribution >= 4 is 15.7 Å². The number of rotatable bonds is 5. The van der Waals surface area contributed by atoms with Crippen LogP contribution in [0.5, 0.6) is 5.75 Å². The Kier molecular flexibility index (Phi) is 4.36. The van der Waals surface area contributed by atoms with E-state index < -0.39 is 10.0 Å². The first-order chi connectivity index (χ1) is 7.79. The molecule has 0 amide bonds. The second-order valence-electron chi connectivity index (χ2n) is 4.31. The number of ether oxygens (including phenoxy) is 1. The molecule has 1 aromatic carbocycles. The Balaban J connectivity index is 2.84. The maximum absolute atomic E-state index is 11.2. The molecule has 5 nitrogen and oxygen atoms in total. The van der Waals surface area contributed by atoms with Crippen LogP contribution in [0.1, 0.15) is 20.3 Å². The van der Waals surface area contributed by atoms with Gasteiger partial charge in [-0.1, -0.05) is 13.8 Å². The zero-order valence-electron chi connectivity index (χ0n) is 10.0. The molecule has 0 saturated heterocycles. The highest BCUT2D eigenvalue weighted by atomic mass is 32.2. The first kappa shape index (κ1) is 13.8. The molecule has 0 bridgehead atoms. The number of nitrogens with two attached hydrogens (primary N) is 2. The second-order valence-corrected chi connectivity index (χ2v) is 5.88. The molecule has 0 saturated carbocycles. The quantitative estimate of drug-likeness (QED) is 0.779. The topological polar surface area (TPSA) is 95.4 Å². The lowest BCUT2D eigenvalue weighted by molar-refractivity contribution is 0.289. The van der Waals surface area contributed by atoms with Crippen LogP contribution in [0.4, 0.5) is 5.69 Å². The van der Waals surface area contributed by atoms with E-state index in [-0.39, 0.29) is 4.90 Å². The zero-order chi connectivity index (χ0) is 13.1. The van der Waals surface area contributed by atoms with Crippen LogP contribution in [-0.2, 0) is 10.0 Å². The van der Waals surface area contributed by atoms with Crippen LogP contribution in [0.25, 0.3) is 0 Å². The number of anilines is 1. The lowest BCUT2D eigenvalue weighted by Crippen LogP contribution is -2.13. The second kappa shape index (κ2) is 5.37. The van der Waals surface area contributed by atoms with Gasteiger partial charge in [-0.15, -0.1) is 0 Å². The van der Waals surface area contributed by atoms with E-state index in [1.54, 1.807) is 6.07 Å². The van der Waals surface area contributed by atoms with Crippen LogP contribution < -0.4 is 15.6 Å². The molecule has 0 aliphatic rings. The van der Waals surface area contributed by atoms with Crippen LogP contribution in [0.3, 0.4) is 0 Å². The van der Waals surface area contributed by atoms with Crippen molar-refractivity contribution in [2.75, 3.05) is 12.3 Å². The summed E-state index contributed by atoms with van der Waals surface area (Å²) in [6.45, 7) is 4.68. The van der Waals surface area contributed by atoms with E-state index >= 15 is 0 Å². The fourth-order valence-electron chi connectivity index (χ4n) is 1.25. The fourth-order valence-corrected chi connectivity index (χ4v) is 1.83. The van der Waals surface area contributed by atoms with Crippen LogP contribution in [-0.4, -0.2) is 15.0 Å². The molecule has 0 aliphatic heterocycles. The monoisotopic (exact) mass is 258 g/mol. The van der Waals surface area contributed by atoms with Crippen molar-refractivity contribution in [3.63, 3.8) is 0 Å². The predicted molar refractivity (Wildman–Crippen MR) is 67.2 cm³/mol. The van der Waals surface area contributed by atoms with Gasteiger partial charge in [0.1, 0.15) is 5.75 Å². The van der Waals surface area contributed by atoms with Crippen molar-refractivity contribution in [3.8, 4) is 5.75 Å². The van der Waals surface area contributed by atoms with E-state index in [1.165, 1.54) is 12.1 Å². The molecule has 0 aliphatic carbocycles. The largest absolute Gasteiger partial charge is 0.493 e. The Labute approximate surface area is 102 Å². The van der Waals surface area contributed by atoms with Crippen molar-refractivity contribution in [2.45, 2.75) is 25.2 Å². The predicted octanol–water partition coefficient (Wildman–Crippen LogP) is 1.34. The number of nitrogen functional groups attached to an aromatic ring is 1. The van der Waals surface area contributed by atoms with Gasteiger partial charge in [-0.05, 0) is 18.4 Å². The Morgan fingerprint density at radius 3 is 2.47 bits per heavy atom. The van der Waals surface area contributed by atoms with Gasteiger partial charge in [-0.25, -0.2) is 13.6 Å². The van der Waals surface area contributed by atoms with Gasteiger partial charge >= 0.3 is 0 Å². The molecule has 0 aromatic heterocycles. The minimum absolute atomic E-state index is 0.0305. The third-order valence-electron chi connectivity index (χ3n) is 2.19. The zero-order valence-corrected chi connectivity index (χ0v) is 10.8. The third-order valence-corrected chi connectivity index (χ3v) is 3.09. The van der Waals surface area contributed by atoms with E-state index in [2.05, 4.69) is 13.8 Å². The molecule has 0 radical (unpaired) electrons. The molecule has 0 heterocycles. The molecule has 17 heavy (non-hydrogen) atoms. The lowest BCUT2D eigenvalue weighted by Gasteiger charge is -2.10. The summed E-state index contributed by atoms with van der Waals surface area (Å²) in [6, 6.07) is 4.27. The summed E-state index contributed by atoms with van der Waals surface area (Å²) in [7, 11) is -3.75. The van der Waals surface area contributed by atoms with E-state index in [4.69, 9.17) is 15.6 Å². The summed E-state index contributed by atoms with van der Waals surface area (Å²) in [5, 5.41) is 5.03. The van der Waals surface area contributed by atoms with Gasteiger partial charge in [0, 0.05) is 17.8 Å². The van der Waals surface area contributed by atoms with Gasteiger partial charge in [0.2, 0.25) is 10.0 Å². The summed E-state index contributed by atoms with van der Waals surface area (Å²) in [4.78, 5) is -0.0305. The van der Waals surface area contributed by atoms with Crippen molar-refractivity contribution < 1.29 is 13.2 Å². The van der Waals surface area contributed by atoms with Gasteiger partial charge < -0.3 is 10.5 Å². The normalized spacial score (nSPS) is 11.8. The summed E-state index contributed by atoms with van der Waals surface area (Å²) < 4.78 is 27.8. The molecule has 4 N–H and O–H groups in total. The number of primary sulfonamides is 1.